The van der Waals surface area contributed by atoms with Gasteiger partial charge in [-0.25, -0.2) is 13.4 Å². The summed E-state index contributed by atoms with van der Waals surface area (Å²) in [6.07, 6.45) is 5.50. The molecule has 2 heterocycles. The van der Waals surface area contributed by atoms with Crippen LogP contribution in [0.1, 0.15) is 51.5 Å². The van der Waals surface area contributed by atoms with Gasteiger partial charge in [0.15, 0.2) is 5.96 Å². The lowest BCUT2D eigenvalue weighted by Crippen LogP contribution is -2.44. The van der Waals surface area contributed by atoms with E-state index in [1.807, 2.05) is 12.1 Å². The largest absolute Gasteiger partial charge is 0.357 e. The number of nitrogens with zero attached hydrogens (tertiary/aromatic N) is 3. The van der Waals surface area contributed by atoms with Crippen LogP contribution in [-0.2, 0) is 16.6 Å². The van der Waals surface area contributed by atoms with Crippen molar-refractivity contribution in [1.82, 2.24) is 19.8 Å². The number of likely N-dealkylation sites (tertiary alicyclic amines) is 1. The van der Waals surface area contributed by atoms with Crippen LogP contribution < -0.4 is 10.6 Å². The third-order valence-electron chi connectivity index (χ3n) is 6.05. The lowest BCUT2D eigenvalue weighted by molar-refractivity contribution is 0.267. The molecule has 0 radical (unpaired) electrons. The van der Waals surface area contributed by atoms with Crippen LogP contribution in [0.15, 0.2) is 34.2 Å². The Labute approximate surface area is 205 Å². The highest BCUT2D eigenvalue weighted by Gasteiger charge is 2.25. The zero-order chi connectivity index (χ0) is 21.4. The zero-order valence-electron chi connectivity index (χ0n) is 18.8. The van der Waals surface area contributed by atoms with Crippen molar-refractivity contribution in [2.75, 3.05) is 39.3 Å². The molecule has 2 fully saturated rings. The van der Waals surface area contributed by atoms with Gasteiger partial charge in [-0.05, 0) is 63.4 Å². The van der Waals surface area contributed by atoms with Crippen molar-refractivity contribution in [2.45, 2.75) is 63.4 Å². The highest BCUT2D eigenvalue weighted by atomic mass is 127. The van der Waals surface area contributed by atoms with Crippen LogP contribution in [-0.4, -0.2) is 68.9 Å². The molecule has 2 aliphatic rings. The number of benzene rings is 1. The first kappa shape index (κ1) is 26.3. The van der Waals surface area contributed by atoms with Crippen LogP contribution in [0.5, 0.6) is 0 Å². The van der Waals surface area contributed by atoms with Crippen LogP contribution in [0.4, 0.5) is 0 Å². The number of rotatable bonds is 8. The molecule has 3 rings (SSSR count). The van der Waals surface area contributed by atoms with E-state index < -0.39 is 10.0 Å². The van der Waals surface area contributed by atoms with Crippen LogP contribution in [0, 0.1) is 0 Å². The highest BCUT2D eigenvalue weighted by molar-refractivity contribution is 14.0. The summed E-state index contributed by atoms with van der Waals surface area (Å²) in [5, 5.41) is 6.78. The average Bonchev–Trinajstić information content (AvgIpc) is 3.24. The molecule has 7 nitrogen and oxygen atoms in total. The van der Waals surface area contributed by atoms with Crippen molar-refractivity contribution in [2.24, 2.45) is 4.99 Å². The SMILES string of the molecule is CCNC(=NCc1ccc(S(=O)(=O)N2CCCCC2)cc1)NCC1CCCN1CC.I. The molecule has 9 heteroatoms. The Hall–Kier alpha value is -0.910. The lowest BCUT2D eigenvalue weighted by Gasteiger charge is -2.25. The predicted molar refractivity (Wildman–Crippen MR) is 138 cm³/mol. The fourth-order valence-corrected chi connectivity index (χ4v) is 5.81. The van der Waals surface area contributed by atoms with Crippen molar-refractivity contribution in [3.05, 3.63) is 29.8 Å². The van der Waals surface area contributed by atoms with Gasteiger partial charge in [0.25, 0.3) is 0 Å². The van der Waals surface area contributed by atoms with E-state index in [2.05, 4.69) is 29.4 Å². The first-order valence-corrected chi connectivity index (χ1v) is 12.8. The fourth-order valence-electron chi connectivity index (χ4n) is 4.29. The first-order chi connectivity index (χ1) is 14.5. The number of piperidine rings is 1. The number of nitrogens with one attached hydrogen (secondary N) is 2. The Morgan fingerprint density at radius 2 is 1.74 bits per heavy atom. The number of hydrogen-bond donors (Lipinski definition) is 2. The summed E-state index contributed by atoms with van der Waals surface area (Å²) in [5.74, 6) is 0.811. The molecule has 2 aliphatic heterocycles. The molecule has 0 aliphatic carbocycles. The monoisotopic (exact) mass is 563 g/mol. The minimum absolute atomic E-state index is 0. The summed E-state index contributed by atoms with van der Waals surface area (Å²) in [4.78, 5) is 7.58. The van der Waals surface area contributed by atoms with Crippen molar-refractivity contribution >= 4 is 40.0 Å². The van der Waals surface area contributed by atoms with Crippen molar-refractivity contribution in [3.63, 3.8) is 0 Å². The third kappa shape index (κ3) is 7.30. The molecule has 0 spiro atoms. The maximum Gasteiger partial charge on any atom is 0.243 e. The Kier molecular flexibility index (Phi) is 11.0. The van der Waals surface area contributed by atoms with Crippen LogP contribution in [0.2, 0.25) is 0 Å². The molecule has 0 saturated carbocycles. The smallest absolute Gasteiger partial charge is 0.243 e. The summed E-state index contributed by atoms with van der Waals surface area (Å²) >= 11 is 0. The van der Waals surface area contributed by atoms with Gasteiger partial charge in [0.1, 0.15) is 0 Å². The minimum Gasteiger partial charge on any atom is -0.357 e. The quantitative estimate of drug-likeness (QED) is 0.289. The van der Waals surface area contributed by atoms with Gasteiger partial charge in [0.2, 0.25) is 10.0 Å². The molecule has 0 bridgehead atoms. The van der Waals surface area contributed by atoms with Crippen LogP contribution in [0.3, 0.4) is 0 Å². The summed E-state index contributed by atoms with van der Waals surface area (Å²) in [6.45, 7) is 10.0. The summed E-state index contributed by atoms with van der Waals surface area (Å²) < 4.78 is 27.2. The van der Waals surface area contributed by atoms with E-state index in [-0.39, 0.29) is 24.0 Å². The fraction of sp³-hybridized carbons (Fsp3) is 0.682. The van der Waals surface area contributed by atoms with Crippen LogP contribution in [0.25, 0.3) is 0 Å². The average molecular weight is 564 g/mol. The minimum atomic E-state index is -3.38. The van der Waals surface area contributed by atoms with E-state index in [0.29, 0.717) is 30.6 Å². The van der Waals surface area contributed by atoms with Gasteiger partial charge in [-0.1, -0.05) is 25.5 Å². The first-order valence-electron chi connectivity index (χ1n) is 11.4. The molecule has 31 heavy (non-hydrogen) atoms. The van der Waals surface area contributed by atoms with Gasteiger partial charge < -0.3 is 10.6 Å². The number of sulfonamides is 1. The molecule has 1 unspecified atom stereocenters. The van der Waals surface area contributed by atoms with E-state index in [1.165, 1.54) is 19.4 Å². The van der Waals surface area contributed by atoms with E-state index in [9.17, 15) is 8.42 Å². The Balaban J connectivity index is 0.00000341. The van der Waals surface area contributed by atoms with Gasteiger partial charge in [0.05, 0.1) is 11.4 Å². The van der Waals surface area contributed by atoms with Gasteiger partial charge in [0, 0.05) is 32.2 Å². The highest BCUT2D eigenvalue weighted by Crippen LogP contribution is 2.21. The molecule has 1 aromatic rings. The van der Waals surface area contributed by atoms with E-state index in [0.717, 1.165) is 50.4 Å². The standard InChI is InChI=1S/C22H37N5O2S.HI/c1-3-23-22(25-18-20-9-8-14-26(20)4-2)24-17-19-10-12-21(13-11-19)30(28,29)27-15-6-5-7-16-27;/h10-13,20H,3-9,14-18H2,1-2H3,(H2,23,24,25);1H. The van der Waals surface area contributed by atoms with Gasteiger partial charge in [-0.2, -0.15) is 4.31 Å². The topological polar surface area (TPSA) is 77.0 Å². The van der Waals surface area contributed by atoms with E-state index >= 15 is 0 Å². The molecule has 2 saturated heterocycles. The Morgan fingerprint density at radius 3 is 2.39 bits per heavy atom. The van der Waals surface area contributed by atoms with Gasteiger partial charge in [-0.15, -0.1) is 24.0 Å². The summed E-state index contributed by atoms with van der Waals surface area (Å²) in [6, 6.07) is 7.75. The normalized spacial score (nSPS) is 21.0. The maximum absolute atomic E-state index is 12.8. The van der Waals surface area contributed by atoms with Crippen LogP contribution >= 0.6 is 24.0 Å². The Morgan fingerprint density at radius 1 is 1.03 bits per heavy atom. The third-order valence-corrected chi connectivity index (χ3v) is 7.96. The number of halogens is 1. The van der Waals surface area contributed by atoms with Crippen molar-refractivity contribution in [1.29, 1.82) is 0 Å². The van der Waals surface area contributed by atoms with Gasteiger partial charge >= 0.3 is 0 Å². The number of likely N-dealkylation sites (N-methyl/N-ethyl adjacent to an activating group) is 1. The maximum atomic E-state index is 12.8. The van der Waals surface area contributed by atoms with Crippen molar-refractivity contribution in [3.8, 4) is 0 Å². The number of guanidine groups is 1. The molecule has 1 atom stereocenters. The molecule has 176 valence electrons. The molecule has 1 aromatic carbocycles. The van der Waals surface area contributed by atoms with Crippen molar-refractivity contribution < 1.29 is 8.42 Å². The Bertz CT molecular complexity index is 795. The predicted octanol–water partition coefficient (Wildman–Crippen LogP) is 3.02. The van der Waals surface area contributed by atoms with E-state index in [1.54, 1.807) is 16.4 Å². The summed E-state index contributed by atoms with van der Waals surface area (Å²) in [5.41, 5.74) is 1.00. The molecular weight excluding hydrogens is 525 g/mol. The second-order valence-electron chi connectivity index (χ2n) is 8.11. The number of hydrogen-bond acceptors (Lipinski definition) is 4. The number of aliphatic imine (C=N–C) groups is 1. The zero-order valence-corrected chi connectivity index (χ0v) is 22.0. The molecule has 0 aromatic heterocycles. The van der Waals surface area contributed by atoms with E-state index in [4.69, 9.17) is 4.99 Å². The van der Waals surface area contributed by atoms with Gasteiger partial charge in [-0.3, -0.25) is 4.90 Å². The second kappa shape index (κ2) is 13.0. The lowest BCUT2D eigenvalue weighted by atomic mass is 10.2. The summed E-state index contributed by atoms with van der Waals surface area (Å²) in [7, 11) is -3.38. The molecule has 0 amide bonds. The second-order valence-corrected chi connectivity index (χ2v) is 10.0. The molecular formula is C22H38IN5O2S. The molecule has 2 N–H and O–H groups in total.